The second-order valence-electron chi connectivity index (χ2n) is 2.45. The molecule has 1 fully saturated rings. The SMILES string of the molecule is C=C1CCCS(=O)(=O)C1. The lowest BCUT2D eigenvalue weighted by Gasteiger charge is -2.11. The summed E-state index contributed by atoms with van der Waals surface area (Å²) in [5.41, 5.74) is 0.862. The Kier molecular flexibility index (Phi) is 1.62. The number of hydrogen-bond donors (Lipinski definition) is 0. The fraction of sp³-hybridized carbons (Fsp3) is 0.667. The molecule has 0 saturated carbocycles. The lowest BCUT2D eigenvalue weighted by molar-refractivity contribution is 0.589. The van der Waals surface area contributed by atoms with E-state index in [1.54, 1.807) is 0 Å². The van der Waals surface area contributed by atoms with E-state index in [2.05, 4.69) is 6.58 Å². The first-order valence-electron chi connectivity index (χ1n) is 2.97. The third-order valence-corrected chi connectivity index (χ3v) is 3.17. The Hall–Kier alpha value is -0.310. The molecule has 0 aromatic rings. The van der Waals surface area contributed by atoms with E-state index in [-0.39, 0.29) is 5.75 Å². The Bertz CT molecular complexity index is 213. The van der Waals surface area contributed by atoms with E-state index in [9.17, 15) is 8.42 Å². The Morgan fingerprint density at radius 1 is 1.44 bits per heavy atom. The Morgan fingerprint density at radius 2 is 2.11 bits per heavy atom. The van der Waals surface area contributed by atoms with Crippen molar-refractivity contribution < 1.29 is 8.42 Å². The third-order valence-electron chi connectivity index (χ3n) is 1.41. The molecule has 0 atom stereocenters. The minimum absolute atomic E-state index is 0.215. The molecule has 0 spiro atoms. The minimum atomic E-state index is -2.73. The van der Waals surface area contributed by atoms with Gasteiger partial charge in [0.1, 0.15) is 0 Å². The van der Waals surface area contributed by atoms with Crippen LogP contribution in [0, 0.1) is 0 Å². The van der Waals surface area contributed by atoms with E-state index >= 15 is 0 Å². The van der Waals surface area contributed by atoms with Gasteiger partial charge >= 0.3 is 0 Å². The molecule has 1 aliphatic rings. The van der Waals surface area contributed by atoms with Crippen LogP contribution in [0.3, 0.4) is 0 Å². The molecular formula is C6H10O2S. The monoisotopic (exact) mass is 146 g/mol. The molecule has 9 heavy (non-hydrogen) atoms. The number of sulfone groups is 1. The topological polar surface area (TPSA) is 34.1 Å². The van der Waals surface area contributed by atoms with Crippen LogP contribution < -0.4 is 0 Å². The van der Waals surface area contributed by atoms with Gasteiger partial charge in [-0.15, -0.1) is 0 Å². The van der Waals surface area contributed by atoms with Gasteiger partial charge in [-0.05, 0) is 12.8 Å². The number of rotatable bonds is 0. The van der Waals surface area contributed by atoms with Gasteiger partial charge in [-0.25, -0.2) is 8.42 Å². The molecule has 1 rings (SSSR count). The van der Waals surface area contributed by atoms with E-state index < -0.39 is 9.84 Å². The van der Waals surface area contributed by atoms with Crippen molar-refractivity contribution in [3.63, 3.8) is 0 Å². The van der Waals surface area contributed by atoms with Crippen molar-refractivity contribution in [2.24, 2.45) is 0 Å². The molecule has 1 saturated heterocycles. The van der Waals surface area contributed by atoms with Gasteiger partial charge < -0.3 is 0 Å². The predicted octanol–water partition coefficient (Wildman–Crippen LogP) is 0.751. The van der Waals surface area contributed by atoms with Crippen molar-refractivity contribution in [3.05, 3.63) is 12.2 Å². The zero-order chi connectivity index (χ0) is 6.91. The van der Waals surface area contributed by atoms with E-state index in [1.807, 2.05) is 0 Å². The molecule has 0 aromatic carbocycles. The van der Waals surface area contributed by atoms with Crippen molar-refractivity contribution >= 4 is 9.84 Å². The van der Waals surface area contributed by atoms with Crippen LogP contribution in [0.2, 0.25) is 0 Å². The fourth-order valence-corrected chi connectivity index (χ4v) is 2.49. The summed E-state index contributed by atoms with van der Waals surface area (Å²) in [6.45, 7) is 3.63. The van der Waals surface area contributed by atoms with Crippen molar-refractivity contribution in [2.45, 2.75) is 12.8 Å². The lowest BCUT2D eigenvalue weighted by atomic mass is 10.2. The molecule has 0 aliphatic carbocycles. The maximum Gasteiger partial charge on any atom is 0.154 e. The predicted molar refractivity (Wildman–Crippen MR) is 37.0 cm³/mol. The molecule has 1 heterocycles. The first kappa shape index (κ1) is 6.81. The zero-order valence-corrected chi connectivity index (χ0v) is 6.08. The van der Waals surface area contributed by atoms with Crippen LogP contribution >= 0.6 is 0 Å². The summed E-state index contributed by atoms with van der Waals surface area (Å²) in [6.07, 6.45) is 1.65. The summed E-state index contributed by atoms with van der Waals surface area (Å²) in [5, 5.41) is 0. The van der Waals surface area contributed by atoms with Crippen LogP contribution in [0.15, 0.2) is 12.2 Å². The van der Waals surface area contributed by atoms with Crippen molar-refractivity contribution in [1.29, 1.82) is 0 Å². The molecule has 2 nitrogen and oxygen atoms in total. The van der Waals surface area contributed by atoms with Gasteiger partial charge in [0.05, 0.1) is 11.5 Å². The van der Waals surface area contributed by atoms with E-state index in [1.165, 1.54) is 0 Å². The maximum atomic E-state index is 10.8. The van der Waals surface area contributed by atoms with E-state index in [0.717, 1.165) is 18.4 Å². The molecule has 3 heteroatoms. The van der Waals surface area contributed by atoms with E-state index in [0.29, 0.717) is 5.75 Å². The third kappa shape index (κ3) is 1.82. The average molecular weight is 146 g/mol. The summed E-state index contributed by atoms with van der Waals surface area (Å²) in [6, 6.07) is 0. The molecular weight excluding hydrogens is 136 g/mol. The summed E-state index contributed by atoms with van der Waals surface area (Å²) >= 11 is 0. The second kappa shape index (κ2) is 2.14. The van der Waals surface area contributed by atoms with Gasteiger partial charge in [0.25, 0.3) is 0 Å². The second-order valence-corrected chi connectivity index (χ2v) is 4.63. The number of hydrogen-bond acceptors (Lipinski definition) is 2. The Morgan fingerprint density at radius 3 is 2.44 bits per heavy atom. The smallest absolute Gasteiger partial charge is 0.154 e. The molecule has 0 amide bonds. The fourth-order valence-electron chi connectivity index (χ4n) is 0.997. The van der Waals surface area contributed by atoms with Crippen LogP contribution in [0.25, 0.3) is 0 Å². The van der Waals surface area contributed by atoms with E-state index in [4.69, 9.17) is 0 Å². The highest BCUT2D eigenvalue weighted by Crippen LogP contribution is 2.14. The quantitative estimate of drug-likeness (QED) is 0.473. The molecule has 0 radical (unpaired) electrons. The lowest BCUT2D eigenvalue weighted by Crippen LogP contribution is -2.17. The molecule has 1 aliphatic heterocycles. The average Bonchev–Trinajstić information content (AvgIpc) is 1.60. The maximum absolute atomic E-state index is 10.8. The molecule has 0 aromatic heterocycles. The molecule has 52 valence electrons. The highest BCUT2D eigenvalue weighted by molar-refractivity contribution is 7.91. The normalized spacial score (nSPS) is 26.0. The standard InChI is InChI=1S/C6H10O2S/c1-6-3-2-4-9(7,8)5-6/h1-5H2. The van der Waals surface area contributed by atoms with Gasteiger partial charge in [-0.2, -0.15) is 0 Å². The molecule has 0 bridgehead atoms. The van der Waals surface area contributed by atoms with Gasteiger partial charge in [-0.3, -0.25) is 0 Å². The van der Waals surface area contributed by atoms with Crippen molar-refractivity contribution in [3.8, 4) is 0 Å². The molecule has 0 N–H and O–H groups in total. The van der Waals surface area contributed by atoms with Crippen LogP contribution in [0.4, 0.5) is 0 Å². The minimum Gasteiger partial charge on any atom is -0.229 e. The van der Waals surface area contributed by atoms with Crippen LogP contribution in [-0.4, -0.2) is 19.9 Å². The Labute approximate surface area is 55.5 Å². The summed E-state index contributed by atoms with van der Waals surface area (Å²) < 4.78 is 21.6. The van der Waals surface area contributed by atoms with Gasteiger partial charge in [0.2, 0.25) is 0 Å². The molecule has 0 unspecified atom stereocenters. The Balaban J connectivity index is 2.73. The summed E-state index contributed by atoms with van der Waals surface area (Å²) in [5.74, 6) is 0.568. The van der Waals surface area contributed by atoms with Crippen molar-refractivity contribution in [2.75, 3.05) is 11.5 Å². The summed E-state index contributed by atoms with van der Waals surface area (Å²) in [4.78, 5) is 0. The van der Waals surface area contributed by atoms with Crippen LogP contribution in [0.5, 0.6) is 0 Å². The van der Waals surface area contributed by atoms with Crippen LogP contribution in [-0.2, 0) is 9.84 Å². The highest BCUT2D eigenvalue weighted by atomic mass is 32.2. The van der Waals surface area contributed by atoms with Gasteiger partial charge in [0, 0.05) is 0 Å². The largest absolute Gasteiger partial charge is 0.229 e. The van der Waals surface area contributed by atoms with Gasteiger partial charge in [-0.1, -0.05) is 12.2 Å². The first-order chi connectivity index (χ1) is 4.10. The van der Waals surface area contributed by atoms with Crippen LogP contribution in [0.1, 0.15) is 12.8 Å². The summed E-state index contributed by atoms with van der Waals surface area (Å²) in [7, 11) is -2.73. The van der Waals surface area contributed by atoms with Gasteiger partial charge in [0.15, 0.2) is 9.84 Å². The zero-order valence-electron chi connectivity index (χ0n) is 5.26. The van der Waals surface area contributed by atoms with Crippen molar-refractivity contribution in [1.82, 2.24) is 0 Å². The highest BCUT2D eigenvalue weighted by Gasteiger charge is 2.17. The first-order valence-corrected chi connectivity index (χ1v) is 4.79.